The van der Waals surface area contributed by atoms with Gasteiger partial charge in [0.2, 0.25) is 0 Å². The van der Waals surface area contributed by atoms with Crippen LogP contribution < -0.4 is 16.0 Å². The summed E-state index contributed by atoms with van der Waals surface area (Å²) in [4.78, 5) is 24.4. The van der Waals surface area contributed by atoms with Gasteiger partial charge in [-0.25, -0.2) is 4.79 Å². The summed E-state index contributed by atoms with van der Waals surface area (Å²) in [5.74, 6) is 0.598. The topological polar surface area (TPSA) is 97.2 Å². The van der Waals surface area contributed by atoms with Crippen molar-refractivity contribution in [2.75, 3.05) is 6.61 Å². The molecule has 2 aromatic rings. The smallest absolute Gasteiger partial charge is 0.331 e. The van der Waals surface area contributed by atoms with E-state index in [-0.39, 0.29) is 18.7 Å². The molecule has 1 heterocycles. The van der Waals surface area contributed by atoms with Gasteiger partial charge < -0.3 is 9.84 Å². The molecule has 1 atom stereocenters. The molecular formula is C18H21N3O4. The minimum absolute atomic E-state index is 0.0692. The minimum atomic E-state index is -1.06. The van der Waals surface area contributed by atoms with E-state index in [1.165, 1.54) is 16.3 Å². The average molecular weight is 343 g/mol. The zero-order chi connectivity index (χ0) is 18.4. The summed E-state index contributed by atoms with van der Waals surface area (Å²) in [5, 5.41) is 19.1. The summed E-state index contributed by atoms with van der Waals surface area (Å²) in [5.41, 5.74) is -0.223. The lowest BCUT2D eigenvalue weighted by Gasteiger charge is -2.15. The number of aryl methyl sites for hydroxylation is 2. The van der Waals surface area contributed by atoms with Gasteiger partial charge in [0.25, 0.3) is 5.56 Å². The van der Waals surface area contributed by atoms with Crippen LogP contribution in [0.4, 0.5) is 0 Å². The normalized spacial score (nSPS) is 11.8. The van der Waals surface area contributed by atoms with Crippen LogP contribution in [-0.2, 0) is 19.5 Å². The van der Waals surface area contributed by atoms with Gasteiger partial charge in [-0.3, -0.25) is 13.9 Å². The predicted molar refractivity (Wildman–Crippen MR) is 92.7 cm³/mol. The molecule has 0 radical (unpaired) electrons. The Morgan fingerprint density at radius 2 is 1.92 bits per heavy atom. The Balaban J connectivity index is 2.12. The van der Waals surface area contributed by atoms with Gasteiger partial charge in [-0.2, -0.15) is 5.26 Å². The van der Waals surface area contributed by atoms with Crippen LogP contribution in [0.15, 0.2) is 40.1 Å². The monoisotopic (exact) mass is 343 g/mol. The van der Waals surface area contributed by atoms with Gasteiger partial charge >= 0.3 is 5.69 Å². The van der Waals surface area contributed by atoms with Crippen LogP contribution >= 0.6 is 0 Å². The van der Waals surface area contributed by atoms with Gasteiger partial charge in [0, 0.05) is 12.7 Å². The van der Waals surface area contributed by atoms with Crippen molar-refractivity contribution in [3.63, 3.8) is 0 Å². The van der Waals surface area contributed by atoms with Crippen molar-refractivity contribution >= 4 is 0 Å². The van der Waals surface area contributed by atoms with E-state index in [2.05, 4.69) is 6.92 Å². The number of benzene rings is 1. The molecule has 0 amide bonds. The third-order valence-corrected chi connectivity index (χ3v) is 3.87. The molecule has 0 aliphatic carbocycles. The molecule has 0 saturated heterocycles. The van der Waals surface area contributed by atoms with Gasteiger partial charge in [-0.05, 0) is 31.0 Å². The van der Waals surface area contributed by atoms with E-state index in [9.17, 15) is 14.7 Å². The van der Waals surface area contributed by atoms with E-state index in [4.69, 9.17) is 10.00 Å². The van der Waals surface area contributed by atoms with E-state index in [0.717, 1.165) is 11.0 Å². The standard InChI is InChI=1S/C18H21N3O4/c1-3-13-5-7-16(8-6-13)25-12-15(22)11-21-17(23)14(9-19)10-20(4-2)18(21)24/h5-8,10,15,22H,3-4,11-12H2,1-2H3/t15-/m1/s1. The van der Waals surface area contributed by atoms with Gasteiger partial charge in [0.1, 0.15) is 30.1 Å². The van der Waals surface area contributed by atoms with E-state index in [1.54, 1.807) is 25.1 Å². The number of aliphatic hydroxyl groups is 1. The number of nitriles is 1. The zero-order valence-electron chi connectivity index (χ0n) is 14.3. The van der Waals surface area contributed by atoms with E-state index in [1.807, 2.05) is 12.1 Å². The van der Waals surface area contributed by atoms with E-state index < -0.39 is 17.4 Å². The Bertz CT molecular complexity index is 875. The highest BCUT2D eigenvalue weighted by Gasteiger charge is 2.15. The van der Waals surface area contributed by atoms with Crippen molar-refractivity contribution < 1.29 is 9.84 Å². The maximum absolute atomic E-state index is 12.2. The van der Waals surface area contributed by atoms with Crippen LogP contribution in [0.25, 0.3) is 0 Å². The van der Waals surface area contributed by atoms with Crippen molar-refractivity contribution in [1.82, 2.24) is 9.13 Å². The summed E-state index contributed by atoms with van der Waals surface area (Å²) in [6.07, 6.45) is 1.10. The van der Waals surface area contributed by atoms with Crippen LogP contribution in [0.2, 0.25) is 0 Å². The van der Waals surface area contributed by atoms with Gasteiger partial charge in [0.05, 0.1) is 6.54 Å². The number of hydrogen-bond donors (Lipinski definition) is 1. The Kier molecular flexibility index (Phi) is 6.14. The van der Waals surface area contributed by atoms with Gasteiger partial charge in [0.15, 0.2) is 0 Å². The molecular weight excluding hydrogens is 322 g/mol. The quantitative estimate of drug-likeness (QED) is 0.806. The summed E-state index contributed by atoms with van der Waals surface area (Å²) in [6.45, 7) is 3.80. The van der Waals surface area contributed by atoms with Crippen molar-refractivity contribution in [3.8, 4) is 11.8 Å². The van der Waals surface area contributed by atoms with Crippen molar-refractivity contribution in [3.05, 3.63) is 62.4 Å². The number of hydrogen-bond acceptors (Lipinski definition) is 5. The Morgan fingerprint density at radius 1 is 1.24 bits per heavy atom. The van der Waals surface area contributed by atoms with E-state index >= 15 is 0 Å². The first-order chi connectivity index (χ1) is 12.0. The summed E-state index contributed by atoms with van der Waals surface area (Å²) < 4.78 is 7.63. The van der Waals surface area contributed by atoms with Crippen molar-refractivity contribution in [2.45, 2.75) is 39.5 Å². The first-order valence-electron chi connectivity index (χ1n) is 8.14. The molecule has 1 aromatic carbocycles. The molecule has 1 N–H and O–H groups in total. The molecule has 0 spiro atoms. The highest BCUT2D eigenvalue weighted by Crippen LogP contribution is 2.12. The molecule has 0 fully saturated rings. The minimum Gasteiger partial charge on any atom is -0.491 e. The lowest BCUT2D eigenvalue weighted by Crippen LogP contribution is -2.44. The molecule has 25 heavy (non-hydrogen) atoms. The number of aliphatic hydroxyl groups excluding tert-OH is 1. The van der Waals surface area contributed by atoms with Crippen LogP contribution in [0, 0.1) is 11.3 Å². The SMILES string of the molecule is CCc1ccc(OC[C@H](O)Cn2c(=O)c(C#N)cn(CC)c2=O)cc1. The van der Waals surface area contributed by atoms with Crippen LogP contribution in [0.5, 0.6) is 5.75 Å². The molecule has 7 heteroatoms. The molecule has 0 aliphatic rings. The first kappa shape index (κ1) is 18.5. The van der Waals surface area contributed by atoms with Crippen LogP contribution in [0.1, 0.15) is 25.0 Å². The third-order valence-electron chi connectivity index (χ3n) is 3.87. The lowest BCUT2D eigenvalue weighted by molar-refractivity contribution is 0.0899. The van der Waals surface area contributed by atoms with Gasteiger partial charge in [-0.1, -0.05) is 19.1 Å². The van der Waals surface area contributed by atoms with Crippen molar-refractivity contribution in [1.29, 1.82) is 5.26 Å². The first-order valence-corrected chi connectivity index (χ1v) is 8.14. The molecule has 0 unspecified atom stereocenters. The zero-order valence-corrected chi connectivity index (χ0v) is 14.3. The largest absolute Gasteiger partial charge is 0.491 e. The fourth-order valence-electron chi connectivity index (χ4n) is 2.40. The van der Waals surface area contributed by atoms with Gasteiger partial charge in [-0.15, -0.1) is 0 Å². The van der Waals surface area contributed by atoms with Crippen LogP contribution in [0.3, 0.4) is 0 Å². The number of rotatable bonds is 7. The maximum Gasteiger partial charge on any atom is 0.331 e. The molecule has 2 rings (SSSR count). The Morgan fingerprint density at radius 3 is 2.48 bits per heavy atom. The lowest BCUT2D eigenvalue weighted by atomic mass is 10.2. The molecule has 1 aromatic heterocycles. The summed E-state index contributed by atoms with van der Waals surface area (Å²) >= 11 is 0. The molecule has 7 nitrogen and oxygen atoms in total. The summed E-state index contributed by atoms with van der Waals surface area (Å²) in [6, 6.07) is 9.25. The number of nitrogens with zero attached hydrogens (tertiary/aromatic N) is 3. The Hall–Kier alpha value is -2.85. The maximum atomic E-state index is 12.2. The van der Waals surface area contributed by atoms with Crippen molar-refractivity contribution in [2.24, 2.45) is 0 Å². The predicted octanol–water partition coefficient (Wildman–Crippen LogP) is 0.904. The second-order valence-corrected chi connectivity index (χ2v) is 5.60. The third kappa shape index (κ3) is 4.37. The second kappa shape index (κ2) is 8.31. The molecule has 0 aliphatic heterocycles. The Labute approximate surface area is 145 Å². The molecule has 132 valence electrons. The molecule has 0 bridgehead atoms. The number of aromatic nitrogens is 2. The fraction of sp³-hybridized carbons (Fsp3) is 0.389. The highest BCUT2D eigenvalue weighted by molar-refractivity contribution is 5.27. The highest BCUT2D eigenvalue weighted by atomic mass is 16.5. The van der Waals surface area contributed by atoms with E-state index in [0.29, 0.717) is 12.3 Å². The fourth-order valence-corrected chi connectivity index (χ4v) is 2.40. The molecule has 0 saturated carbocycles. The second-order valence-electron chi connectivity index (χ2n) is 5.60. The average Bonchev–Trinajstić information content (AvgIpc) is 2.64. The number of ether oxygens (including phenoxy) is 1. The van der Waals surface area contributed by atoms with Crippen LogP contribution in [-0.4, -0.2) is 27.0 Å². The summed E-state index contributed by atoms with van der Waals surface area (Å²) in [7, 11) is 0.